The fourth-order valence-electron chi connectivity index (χ4n) is 3.25. The molecule has 1 aliphatic rings. The minimum Gasteiger partial charge on any atom is -0.326 e. The number of nitrogens with two attached hydrogens (primary N) is 1. The van der Waals surface area contributed by atoms with Gasteiger partial charge in [0.05, 0.1) is 17.4 Å². The molecule has 106 valence electrons. The van der Waals surface area contributed by atoms with Crippen molar-refractivity contribution in [1.29, 1.82) is 0 Å². The molecule has 2 unspecified atom stereocenters. The summed E-state index contributed by atoms with van der Waals surface area (Å²) in [6.45, 7) is 4.13. The molecule has 0 fully saturated rings. The molecule has 0 amide bonds. The molecule has 2 atom stereocenters. The van der Waals surface area contributed by atoms with Gasteiger partial charge in [-0.2, -0.15) is 0 Å². The second kappa shape index (κ2) is 5.37. The third-order valence-electron chi connectivity index (χ3n) is 4.11. The van der Waals surface area contributed by atoms with E-state index in [-0.39, 0.29) is 12.1 Å². The maximum absolute atomic E-state index is 6.27. The van der Waals surface area contributed by atoms with Gasteiger partial charge in [0.2, 0.25) is 0 Å². The minimum atomic E-state index is 0.00354. The van der Waals surface area contributed by atoms with Gasteiger partial charge in [-0.1, -0.05) is 6.07 Å². The molecule has 0 radical (unpaired) electrons. The number of nitrogens with zero attached hydrogens (tertiary/aromatic N) is 3. The predicted molar refractivity (Wildman–Crippen MR) is 79.6 cm³/mol. The van der Waals surface area contributed by atoms with Crippen molar-refractivity contribution >= 4 is 0 Å². The zero-order valence-electron chi connectivity index (χ0n) is 12.2. The Bertz CT molecular complexity index is 586. The van der Waals surface area contributed by atoms with Crippen LogP contribution in [0.2, 0.25) is 0 Å². The Morgan fingerprint density at radius 1 is 1.25 bits per heavy atom. The third kappa shape index (κ3) is 2.24. The van der Waals surface area contributed by atoms with Crippen LogP contribution in [-0.2, 0) is 12.8 Å². The van der Waals surface area contributed by atoms with E-state index in [4.69, 9.17) is 10.7 Å². The fourth-order valence-corrected chi connectivity index (χ4v) is 3.25. The SMILES string of the molecule is Cc1nc2c(n1C(c1ccccn1)C(C)N)CCCC2. The first kappa shape index (κ1) is 13.3. The summed E-state index contributed by atoms with van der Waals surface area (Å²) in [7, 11) is 0. The summed E-state index contributed by atoms with van der Waals surface area (Å²) >= 11 is 0. The molecular formula is C16H22N4. The molecule has 1 aliphatic carbocycles. The van der Waals surface area contributed by atoms with Crippen LogP contribution in [0.25, 0.3) is 0 Å². The van der Waals surface area contributed by atoms with Gasteiger partial charge < -0.3 is 10.3 Å². The van der Waals surface area contributed by atoms with Crippen molar-refractivity contribution in [3.8, 4) is 0 Å². The van der Waals surface area contributed by atoms with E-state index < -0.39 is 0 Å². The number of imidazole rings is 1. The van der Waals surface area contributed by atoms with Crippen LogP contribution in [0, 0.1) is 6.92 Å². The second-order valence-electron chi connectivity index (χ2n) is 5.69. The van der Waals surface area contributed by atoms with Crippen LogP contribution in [0.4, 0.5) is 0 Å². The molecule has 2 aromatic heterocycles. The Morgan fingerprint density at radius 3 is 2.75 bits per heavy atom. The average molecular weight is 270 g/mol. The highest BCUT2D eigenvalue weighted by atomic mass is 15.1. The molecule has 4 heteroatoms. The molecular weight excluding hydrogens is 248 g/mol. The van der Waals surface area contributed by atoms with Crippen LogP contribution in [0.15, 0.2) is 24.4 Å². The lowest BCUT2D eigenvalue weighted by Crippen LogP contribution is -2.32. The van der Waals surface area contributed by atoms with Gasteiger partial charge in [0.15, 0.2) is 0 Å². The van der Waals surface area contributed by atoms with Gasteiger partial charge in [-0.15, -0.1) is 0 Å². The van der Waals surface area contributed by atoms with Crippen molar-refractivity contribution < 1.29 is 0 Å². The molecule has 2 N–H and O–H groups in total. The van der Waals surface area contributed by atoms with E-state index in [9.17, 15) is 0 Å². The third-order valence-corrected chi connectivity index (χ3v) is 4.11. The van der Waals surface area contributed by atoms with E-state index in [2.05, 4.69) is 22.5 Å². The molecule has 20 heavy (non-hydrogen) atoms. The lowest BCUT2D eigenvalue weighted by Gasteiger charge is -2.26. The van der Waals surface area contributed by atoms with Gasteiger partial charge in [0, 0.05) is 17.9 Å². The summed E-state index contributed by atoms with van der Waals surface area (Å²) < 4.78 is 2.32. The first-order chi connectivity index (χ1) is 9.68. The Hall–Kier alpha value is -1.68. The van der Waals surface area contributed by atoms with E-state index in [0.29, 0.717) is 0 Å². The van der Waals surface area contributed by atoms with Crippen LogP contribution in [0.3, 0.4) is 0 Å². The monoisotopic (exact) mass is 270 g/mol. The molecule has 0 saturated carbocycles. The van der Waals surface area contributed by atoms with E-state index >= 15 is 0 Å². The van der Waals surface area contributed by atoms with Crippen LogP contribution < -0.4 is 5.73 Å². The van der Waals surface area contributed by atoms with E-state index in [1.165, 1.54) is 24.2 Å². The van der Waals surface area contributed by atoms with Crippen molar-refractivity contribution in [3.05, 3.63) is 47.3 Å². The number of fused-ring (bicyclic) bond motifs is 1. The van der Waals surface area contributed by atoms with Crippen molar-refractivity contribution in [2.24, 2.45) is 5.73 Å². The maximum Gasteiger partial charge on any atom is 0.106 e. The summed E-state index contributed by atoms with van der Waals surface area (Å²) in [6.07, 6.45) is 6.52. The van der Waals surface area contributed by atoms with Crippen molar-refractivity contribution in [2.45, 2.75) is 51.6 Å². The maximum atomic E-state index is 6.27. The number of hydrogen-bond acceptors (Lipinski definition) is 3. The smallest absolute Gasteiger partial charge is 0.106 e. The standard InChI is InChI=1S/C16H22N4/c1-11(17)16(14-8-5-6-10-18-14)20-12(2)19-13-7-3-4-9-15(13)20/h5-6,8,10-11,16H,3-4,7,9,17H2,1-2H3. The summed E-state index contributed by atoms with van der Waals surface area (Å²) in [5.41, 5.74) is 9.92. The molecule has 0 bridgehead atoms. The Morgan fingerprint density at radius 2 is 2.05 bits per heavy atom. The lowest BCUT2D eigenvalue weighted by atomic mass is 9.99. The summed E-state index contributed by atoms with van der Waals surface area (Å²) in [5, 5.41) is 0. The number of aromatic nitrogens is 3. The number of rotatable bonds is 3. The van der Waals surface area contributed by atoms with Crippen molar-refractivity contribution in [3.63, 3.8) is 0 Å². The topological polar surface area (TPSA) is 56.7 Å². The van der Waals surface area contributed by atoms with Gasteiger partial charge >= 0.3 is 0 Å². The predicted octanol–water partition coefficient (Wildman–Crippen LogP) is 2.40. The zero-order valence-corrected chi connectivity index (χ0v) is 12.2. The lowest BCUT2D eigenvalue weighted by molar-refractivity contribution is 0.456. The van der Waals surface area contributed by atoms with Gasteiger partial charge in [-0.25, -0.2) is 4.98 Å². The summed E-state index contributed by atoms with van der Waals surface area (Å²) in [6, 6.07) is 6.10. The quantitative estimate of drug-likeness (QED) is 0.931. The molecule has 0 saturated heterocycles. The minimum absolute atomic E-state index is 0.00354. The summed E-state index contributed by atoms with van der Waals surface area (Å²) in [5.74, 6) is 1.06. The van der Waals surface area contributed by atoms with Crippen LogP contribution in [0.5, 0.6) is 0 Å². The molecule has 0 spiro atoms. The van der Waals surface area contributed by atoms with Gasteiger partial charge in [-0.05, 0) is 51.7 Å². The second-order valence-corrected chi connectivity index (χ2v) is 5.69. The van der Waals surface area contributed by atoms with Crippen molar-refractivity contribution in [1.82, 2.24) is 14.5 Å². The van der Waals surface area contributed by atoms with E-state index in [1.807, 2.05) is 25.3 Å². The van der Waals surface area contributed by atoms with E-state index in [1.54, 1.807) is 0 Å². The van der Waals surface area contributed by atoms with Crippen LogP contribution >= 0.6 is 0 Å². The number of aryl methyl sites for hydroxylation is 2. The Labute approximate surface area is 120 Å². The Balaban J connectivity index is 2.11. The van der Waals surface area contributed by atoms with Gasteiger partial charge in [0.25, 0.3) is 0 Å². The van der Waals surface area contributed by atoms with Crippen LogP contribution in [0.1, 0.15) is 48.7 Å². The highest BCUT2D eigenvalue weighted by Crippen LogP contribution is 2.29. The van der Waals surface area contributed by atoms with Crippen molar-refractivity contribution in [2.75, 3.05) is 0 Å². The molecule has 0 aromatic carbocycles. The van der Waals surface area contributed by atoms with Gasteiger partial charge in [-0.3, -0.25) is 4.98 Å². The van der Waals surface area contributed by atoms with Gasteiger partial charge in [0.1, 0.15) is 5.82 Å². The average Bonchev–Trinajstić information content (AvgIpc) is 2.77. The molecule has 0 aliphatic heterocycles. The first-order valence-electron chi connectivity index (χ1n) is 7.41. The molecule has 3 rings (SSSR count). The normalized spacial score (nSPS) is 17.6. The molecule has 2 heterocycles. The molecule has 2 aromatic rings. The zero-order chi connectivity index (χ0) is 14.1. The molecule has 4 nitrogen and oxygen atoms in total. The fraction of sp³-hybridized carbons (Fsp3) is 0.500. The Kier molecular flexibility index (Phi) is 3.57. The first-order valence-corrected chi connectivity index (χ1v) is 7.41. The number of pyridine rings is 1. The highest BCUT2D eigenvalue weighted by Gasteiger charge is 2.27. The highest BCUT2D eigenvalue weighted by molar-refractivity contribution is 5.25. The van der Waals surface area contributed by atoms with Crippen LogP contribution in [-0.4, -0.2) is 20.6 Å². The number of hydrogen-bond donors (Lipinski definition) is 1. The van der Waals surface area contributed by atoms with E-state index in [0.717, 1.165) is 24.4 Å². The largest absolute Gasteiger partial charge is 0.326 e. The summed E-state index contributed by atoms with van der Waals surface area (Å²) in [4.78, 5) is 9.28.